The lowest BCUT2D eigenvalue weighted by Gasteiger charge is -2.34. The van der Waals surface area contributed by atoms with Gasteiger partial charge in [-0.05, 0) is 30.3 Å². The number of carbonyl (C=O) groups excluding carboxylic acids is 5. The highest BCUT2D eigenvalue weighted by Gasteiger charge is 2.67. The lowest BCUT2D eigenvalue weighted by Crippen LogP contribution is -2.74. The van der Waals surface area contributed by atoms with Crippen molar-refractivity contribution >= 4 is 35.5 Å². The third-order valence-electron chi connectivity index (χ3n) is 4.38. The van der Waals surface area contributed by atoms with Gasteiger partial charge in [0.15, 0.2) is 0 Å². The summed E-state index contributed by atoms with van der Waals surface area (Å²) < 4.78 is 5.53. The summed E-state index contributed by atoms with van der Waals surface area (Å²) >= 11 is 0. The summed E-state index contributed by atoms with van der Waals surface area (Å²) in [5.41, 5.74) is -2.24. The highest BCUT2D eigenvalue weighted by atomic mass is 16.5. The molecule has 0 unspecified atom stereocenters. The average molecular weight is 406 g/mol. The monoisotopic (exact) mass is 406 g/mol. The zero-order valence-electron chi connectivity index (χ0n) is 14.8. The van der Waals surface area contributed by atoms with E-state index in [4.69, 9.17) is 10.00 Å². The minimum absolute atomic E-state index is 0.0647. The summed E-state index contributed by atoms with van der Waals surface area (Å²) in [7, 11) is 0. The van der Waals surface area contributed by atoms with Crippen molar-refractivity contribution in [2.24, 2.45) is 0 Å². The largest absolute Gasteiger partial charge is 0.439 e. The molecule has 148 valence electrons. The van der Waals surface area contributed by atoms with Gasteiger partial charge in [0.1, 0.15) is 5.75 Å². The molecule has 12 nitrogen and oxygen atoms in total. The number of rotatable bonds is 3. The van der Waals surface area contributed by atoms with E-state index in [0.29, 0.717) is 16.2 Å². The van der Waals surface area contributed by atoms with E-state index in [9.17, 15) is 24.0 Å². The first kappa shape index (κ1) is 18.6. The van der Waals surface area contributed by atoms with Gasteiger partial charge in [-0.15, -0.1) is 0 Å². The maximum Gasteiger partial charge on any atom is 0.330 e. The topological polar surface area (TPSA) is 171 Å². The summed E-state index contributed by atoms with van der Waals surface area (Å²) in [5, 5.41) is 14.3. The Kier molecular flexibility index (Phi) is 4.13. The van der Waals surface area contributed by atoms with E-state index >= 15 is 0 Å². The maximum atomic E-state index is 12.4. The Labute approximate surface area is 167 Å². The number of nitrogens with one attached hydrogen (secondary N) is 3. The van der Waals surface area contributed by atoms with Gasteiger partial charge < -0.3 is 4.74 Å². The zero-order valence-corrected chi connectivity index (χ0v) is 14.8. The Balaban J connectivity index is 1.65. The number of nitriles is 1. The molecule has 0 saturated carbocycles. The van der Waals surface area contributed by atoms with E-state index in [1.54, 1.807) is 24.3 Å². The van der Waals surface area contributed by atoms with E-state index in [1.165, 1.54) is 12.1 Å². The van der Waals surface area contributed by atoms with Crippen LogP contribution in [0.1, 0.15) is 5.56 Å². The average Bonchev–Trinajstić information content (AvgIpc) is 2.98. The van der Waals surface area contributed by atoms with E-state index in [1.807, 2.05) is 22.0 Å². The second-order valence-electron chi connectivity index (χ2n) is 6.14. The van der Waals surface area contributed by atoms with Crippen molar-refractivity contribution in [3.05, 3.63) is 48.2 Å². The Morgan fingerprint density at radius 1 is 0.900 bits per heavy atom. The van der Waals surface area contributed by atoms with E-state index < -0.39 is 35.3 Å². The molecule has 3 N–H and O–H groups in total. The van der Waals surface area contributed by atoms with Crippen molar-refractivity contribution in [3.63, 3.8) is 0 Å². The molecule has 2 fully saturated rings. The first-order valence-electron chi connectivity index (χ1n) is 8.33. The first-order valence-corrected chi connectivity index (χ1v) is 8.33. The van der Waals surface area contributed by atoms with Gasteiger partial charge >= 0.3 is 12.1 Å². The molecule has 0 radical (unpaired) electrons. The molecule has 0 bridgehead atoms. The van der Waals surface area contributed by atoms with Crippen LogP contribution < -0.4 is 25.6 Å². The molecule has 7 amide bonds. The fraction of sp³-hybridized carbons (Fsp3) is 0.0556. The van der Waals surface area contributed by atoms with Crippen molar-refractivity contribution in [2.45, 2.75) is 5.54 Å². The molecule has 30 heavy (non-hydrogen) atoms. The minimum Gasteiger partial charge on any atom is -0.439 e. The summed E-state index contributed by atoms with van der Waals surface area (Å²) in [5.74, 6) is -3.23. The summed E-state index contributed by atoms with van der Waals surface area (Å²) in [6.07, 6.45) is 1.12. The molecule has 0 aliphatic carbocycles. The van der Waals surface area contributed by atoms with Gasteiger partial charge in [-0.3, -0.25) is 35.2 Å². The number of urea groups is 2. The Hall–Kier alpha value is -4.79. The first-order chi connectivity index (χ1) is 14.4. The quantitative estimate of drug-likeness (QED) is 0.469. The van der Waals surface area contributed by atoms with Crippen LogP contribution in [0.3, 0.4) is 0 Å². The van der Waals surface area contributed by atoms with Gasteiger partial charge in [0.2, 0.25) is 5.88 Å². The van der Waals surface area contributed by atoms with Gasteiger partial charge in [0.05, 0.1) is 23.5 Å². The highest BCUT2D eigenvalue weighted by Crippen LogP contribution is 2.32. The lowest BCUT2D eigenvalue weighted by atomic mass is 9.93. The number of aromatic nitrogens is 1. The number of benzene rings is 1. The van der Waals surface area contributed by atoms with Crippen molar-refractivity contribution in [1.82, 2.24) is 20.9 Å². The molecular formula is C18H10N6O6. The van der Waals surface area contributed by atoms with Crippen LogP contribution in [0, 0.1) is 11.3 Å². The van der Waals surface area contributed by atoms with Crippen LogP contribution in [0.4, 0.5) is 15.3 Å². The summed E-state index contributed by atoms with van der Waals surface area (Å²) in [6, 6.07) is 8.71. The summed E-state index contributed by atoms with van der Waals surface area (Å²) in [6.45, 7) is 0. The lowest BCUT2D eigenvalue weighted by molar-refractivity contribution is -0.143. The normalized spacial score (nSPS) is 17.3. The van der Waals surface area contributed by atoms with Crippen LogP contribution in [-0.4, -0.2) is 40.3 Å². The molecule has 1 aromatic carbocycles. The number of imide groups is 3. The molecule has 1 spiro atoms. The highest BCUT2D eigenvalue weighted by molar-refractivity contribution is 6.43. The van der Waals surface area contributed by atoms with E-state index in [2.05, 4.69) is 4.98 Å². The molecule has 0 atom stereocenters. The molecule has 3 heterocycles. The van der Waals surface area contributed by atoms with Crippen LogP contribution in [0.25, 0.3) is 0 Å². The predicted molar refractivity (Wildman–Crippen MR) is 95.9 cm³/mol. The second-order valence-corrected chi connectivity index (χ2v) is 6.14. The molecule has 2 aliphatic heterocycles. The van der Waals surface area contributed by atoms with Gasteiger partial charge in [0.25, 0.3) is 23.3 Å². The van der Waals surface area contributed by atoms with Gasteiger partial charge in [-0.1, -0.05) is 0 Å². The molecule has 4 rings (SSSR count). The van der Waals surface area contributed by atoms with Gasteiger partial charge in [-0.25, -0.2) is 14.6 Å². The third kappa shape index (κ3) is 2.69. The van der Waals surface area contributed by atoms with E-state index in [0.717, 1.165) is 6.20 Å². The Morgan fingerprint density at radius 2 is 1.53 bits per heavy atom. The molecule has 1 aromatic heterocycles. The Morgan fingerprint density at radius 3 is 2.10 bits per heavy atom. The van der Waals surface area contributed by atoms with Crippen LogP contribution in [0.5, 0.6) is 11.6 Å². The molecule has 2 aromatic rings. The molecule has 2 aliphatic rings. The fourth-order valence-corrected chi connectivity index (χ4v) is 3.02. The molecule has 2 saturated heterocycles. The van der Waals surface area contributed by atoms with Gasteiger partial charge in [0, 0.05) is 6.07 Å². The van der Waals surface area contributed by atoms with Crippen LogP contribution >= 0.6 is 0 Å². The smallest absolute Gasteiger partial charge is 0.330 e. The number of ether oxygens (including phenoxy) is 1. The number of carbonyl (C=O) groups is 5. The summed E-state index contributed by atoms with van der Waals surface area (Å²) in [4.78, 5) is 65.5. The van der Waals surface area contributed by atoms with Crippen molar-refractivity contribution < 1.29 is 28.7 Å². The number of nitrogens with zero attached hydrogens (tertiary/aromatic N) is 3. The van der Waals surface area contributed by atoms with Crippen LogP contribution in [-0.2, 0) is 14.4 Å². The zero-order chi connectivity index (χ0) is 21.5. The standard InChI is InChI=1S/C18H10N6O6/c19-7-9-1-4-11(5-2-9)30-12-6-3-10(8-20-12)24-17(29)23-15(27)18(24)13(25)21-16(28)22-14(18)26/h1-6,8H,(H,23,27,29)(H2,21,22,25,26,28). The number of hydrogen-bond acceptors (Lipinski definition) is 8. The number of anilines is 1. The van der Waals surface area contributed by atoms with Crippen LogP contribution in [0.2, 0.25) is 0 Å². The fourth-order valence-electron chi connectivity index (χ4n) is 3.02. The van der Waals surface area contributed by atoms with Crippen molar-refractivity contribution in [2.75, 3.05) is 4.90 Å². The maximum absolute atomic E-state index is 12.4. The SMILES string of the molecule is N#Cc1ccc(Oc2ccc(N3C(=O)NC(=O)C34C(=O)NC(=O)NC4=O)cn2)cc1. The second kappa shape index (κ2) is 6.67. The number of hydrogen-bond donors (Lipinski definition) is 3. The van der Waals surface area contributed by atoms with Crippen molar-refractivity contribution in [1.29, 1.82) is 5.26 Å². The number of pyridine rings is 1. The Bertz CT molecular complexity index is 1130. The van der Waals surface area contributed by atoms with Crippen LogP contribution in [0.15, 0.2) is 42.6 Å². The minimum atomic E-state index is -2.62. The number of amides is 7. The number of barbiturate groups is 1. The third-order valence-corrected chi connectivity index (χ3v) is 4.38. The molecular weight excluding hydrogens is 396 g/mol. The van der Waals surface area contributed by atoms with Crippen molar-refractivity contribution in [3.8, 4) is 17.7 Å². The van der Waals surface area contributed by atoms with E-state index in [-0.39, 0.29) is 11.6 Å². The van der Waals surface area contributed by atoms with Gasteiger partial charge in [-0.2, -0.15) is 5.26 Å². The molecule has 12 heteroatoms. The predicted octanol–water partition coefficient (Wildman–Crippen LogP) is -0.0934.